The van der Waals surface area contributed by atoms with Gasteiger partial charge in [0.25, 0.3) is 0 Å². The molecule has 0 aliphatic rings. The lowest BCUT2D eigenvalue weighted by Crippen LogP contribution is -2.00. The van der Waals surface area contributed by atoms with Crippen molar-refractivity contribution in [2.75, 3.05) is 0 Å². The van der Waals surface area contributed by atoms with Crippen LogP contribution in [0.2, 0.25) is 0 Å². The van der Waals surface area contributed by atoms with Crippen LogP contribution >= 0.6 is 22.7 Å². The molecule has 0 saturated heterocycles. The summed E-state index contributed by atoms with van der Waals surface area (Å²) < 4.78 is 5.08. The molecular weight excluding hydrogens is 575 g/mol. The molecule has 0 bridgehead atoms. The average Bonchev–Trinajstić information content (AvgIpc) is 3.67. The lowest BCUT2D eigenvalue weighted by atomic mass is 9.98. The van der Waals surface area contributed by atoms with E-state index < -0.39 is 0 Å². The second-order valence-electron chi connectivity index (χ2n) is 10.8. The summed E-state index contributed by atoms with van der Waals surface area (Å²) in [6.45, 7) is 0. The minimum absolute atomic E-state index is 0.662. The van der Waals surface area contributed by atoms with Gasteiger partial charge in [0.1, 0.15) is 0 Å². The van der Waals surface area contributed by atoms with Gasteiger partial charge >= 0.3 is 0 Å². The van der Waals surface area contributed by atoms with Crippen LogP contribution in [0, 0.1) is 0 Å². The first-order valence-electron chi connectivity index (χ1n) is 14.5. The molecule has 0 aliphatic carbocycles. The molecule has 206 valence electrons. The maximum Gasteiger partial charge on any atom is 0.164 e. The van der Waals surface area contributed by atoms with Crippen molar-refractivity contribution in [1.29, 1.82) is 0 Å². The van der Waals surface area contributed by atoms with Gasteiger partial charge in [-0.1, -0.05) is 109 Å². The first kappa shape index (κ1) is 25.3. The van der Waals surface area contributed by atoms with E-state index in [0.29, 0.717) is 17.5 Å². The molecule has 0 saturated carbocycles. The van der Waals surface area contributed by atoms with Crippen LogP contribution in [0.15, 0.2) is 140 Å². The van der Waals surface area contributed by atoms with Crippen LogP contribution < -0.4 is 0 Å². The fourth-order valence-corrected chi connectivity index (χ4v) is 8.41. The Kier molecular flexibility index (Phi) is 5.86. The second kappa shape index (κ2) is 10.2. The predicted octanol–water partition coefficient (Wildman–Crippen LogP) is 11.3. The van der Waals surface area contributed by atoms with Gasteiger partial charge < -0.3 is 0 Å². The zero-order valence-electron chi connectivity index (χ0n) is 23.4. The van der Waals surface area contributed by atoms with Crippen molar-refractivity contribution >= 4 is 63.0 Å². The van der Waals surface area contributed by atoms with E-state index in [9.17, 15) is 0 Å². The van der Waals surface area contributed by atoms with Crippen molar-refractivity contribution in [2.24, 2.45) is 0 Å². The molecule has 9 aromatic rings. The predicted molar refractivity (Wildman–Crippen MR) is 187 cm³/mol. The van der Waals surface area contributed by atoms with Gasteiger partial charge in [-0.25, -0.2) is 15.0 Å². The molecule has 0 N–H and O–H groups in total. The molecule has 3 heterocycles. The molecule has 0 aliphatic heterocycles. The normalized spacial score (nSPS) is 11.6. The van der Waals surface area contributed by atoms with Crippen molar-refractivity contribution in [3.8, 4) is 45.3 Å². The van der Waals surface area contributed by atoms with E-state index in [1.165, 1.54) is 45.9 Å². The van der Waals surface area contributed by atoms with Crippen LogP contribution in [0.25, 0.3) is 85.6 Å². The van der Waals surface area contributed by atoms with Crippen LogP contribution in [0.4, 0.5) is 0 Å². The van der Waals surface area contributed by atoms with Gasteiger partial charge in [-0.05, 0) is 41.5 Å². The van der Waals surface area contributed by atoms with Crippen LogP contribution in [0.3, 0.4) is 0 Å². The van der Waals surface area contributed by atoms with E-state index in [2.05, 4.69) is 121 Å². The van der Waals surface area contributed by atoms with Crippen molar-refractivity contribution in [2.45, 2.75) is 0 Å². The Morgan fingerprint density at radius 3 is 1.52 bits per heavy atom. The van der Waals surface area contributed by atoms with Crippen LogP contribution in [-0.4, -0.2) is 15.0 Å². The van der Waals surface area contributed by atoms with E-state index in [4.69, 9.17) is 15.0 Å². The smallest absolute Gasteiger partial charge is 0.164 e. The third kappa shape index (κ3) is 4.13. The molecule has 0 unspecified atom stereocenters. The lowest BCUT2D eigenvalue weighted by molar-refractivity contribution is 1.08. The van der Waals surface area contributed by atoms with Gasteiger partial charge in [-0.2, -0.15) is 0 Å². The molecule has 9 rings (SSSR count). The van der Waals surface area contributed by atoms with Crippen LogP contribution in [0.5, 0.6) is 0 Å². The molecule has 44 heavy (non-hydrogen) atoms. The third-order valence-electron chi connectivity index (χ3n) is 8.15. The second-order valence-corrected chi connectivity index (χ2v) is 13.0. The molecule has 3 nitrogen and oxygen atoms in total. The zero-order chi connectivity index (χ0) is 29.0. The Bertz CT molecular complexity index is 2510. The van der Waals surface area contributed by atoms with Crippen molar-refractivity contribution < 1.29 is 0 Å². The summed E-state index contributed by atoms with van der Waals surface area (Å²) in [4.78, 5) is 15.3. The molecule has 0 atom stereocenters. The van der Waals surface area contributed by atoms with Gasteiger partial charge in [0.15, 0.2) is 17.5 Å². The standard InChI is InChI=1S/C39H23N3S2/c1-2-11-24(12-3-1)37-40-38(42-39(41-37)30-18-10-22-34-36(30)29-16-5-7-20-32(29)44-34)26-14-8-13-25(23-26)27-17-9-21-33-35(27)28-15-4-6-19-31(28)43-33/h1-23H. The van der Waals surface area contributed by atoms with Gasteiger partial charge in [0.2, 0.25) is 0 Å². The molecule has 0 spiro atoms. The van der Waals surface area contributed by atoms with E-state index in [0.717, 1.165) is 22.3 Å². The highest BCUT2D eigenvalue weighted by Crippen LogP contribution is 2.42. The minimum Gasteiger partial charge on any atom is -0.208 e. The Labute approximate surface area is 261 Å². The number of hydrogen-bond donors (Lipinski definition) is 0. The molecule has 5 heteroatoms. The number of rotatable bonds is 4. The van der Waals surface area contributed by atoms with E-state index >= 15 is 0 Å². The van der Waals surface area contributed by atoms with Crippen LogP contribution in [-0.2, 0) is 0 Å². The Balaban J connectivity index is 1.27. The summed E-state index contributed by atoms with van der Waals surface area (Å²) in [5.41, 5.74) is 5.30. The molecule has 6 aromatic carbocycles. The lowest BCUT2D eigenvalue weighted by Gasteiger charge is -2.11. The fraction of sp³-hybridized carbons (Fsp3) is 0. The van der Waals surface area contributed by atoms with Gasteiger partial charge in [-0.15, -0.1) is 22.7 Å². The van der Waals surface area contributed by atoms with E-state index in [-0.39, 0.29) is 0 Å². The fourth-order valence-electron chi connectivity index (χ4n) is 6.14. The highest BCUT2D eigenvalue weighted by molar-refractivity contribution is 7.26. The Hall–Kier alpha value is -5.23. The highest BCUT2D eigenvalue weighted by Gasteiger charge is 2.18. The molecule has 0 fully saturated rings. The summed E-state index contributed by atoms with van der Waals surface area (Å²) in [6, 6.07) is 49.0. The molecule has 3 aromatic heterocycles. The average molecular weight is 598 g/mol. The van der Waals surface area contributed by atoms with E-state index in [1.807, 2.05) is 29.5 Å². The topological polar surface area (TPSA) is 38.7 Å². The zero-order valence-corrected chi connectivity index (χ0v) is 25.1. The highest BCUT2D eigenvalue weighted by atomic mass is 32.1. The Morgan fingerprint density at radius 1 is 0.341 bits per heavy atom. The van der Waals surface area contributed by atoms with Crippen molar-refractivity contribution in [3.05, 3.63) is 140 Å². The van der Waals surface area contributed by atoms with E-state index in [1.54, 1.807) is 11.3 Å². The monoisotopic (exact) mass is 597 g/mol. The molecular formula is C39H23N3S2. The number of benzene rings is 6. The van der Waals surface area contributed by atoms with Gasteiger partial charge in [0, 0.05) is 57.0 Å². The number of aromatic nitrogens is 3. The van der Waals surface area contributed by atoms with Gasteiger partial charge in [0.05, 0.1) is 0 Å². The summed E-state index contributed by atoms with van der Waals surface area (Å²) in [5.74, 6) is 2.01. The van der Waals surface area contributed by atoms with Gasteiger partial charge in [-0.3, -0.25) is 0 Å². The number of fused-ring (bicyclic) bond motifs is 6. The first-order valence-corrected chi connectivity index (χ1v) is 16.2. The summed E-state index contributed by atoms with van der Waals surface area (Å²) >= 11 is 3.64. The third-order valence-corrected chi connectivity index (χ3v) is 10.4. The number of hydrogen-bond acceptors (Lipinski definition) is 5. The maximum absolute atomic E-state index is 5.16. The first-order chi connectivity index (χ1) is 21.8. The maximum atomic E-state index is 5.16. The largest absolute Gasteiger partial charge is 0.208 e. The molecule has 0 radical (unpaired) electrons. The Morgan fingerprint density at radius 2 is 0.818 bits per heavy atom. The molecule has 0 amide bonds. The quantitative estimate of drug-likeness (QED) is 0.203. The summed E-state index contributed by atoms with van der Waals surface area (Å²) in [6.07, 6.45) is 0. The number of nitrogens with zero attached hydrogens (tertiary/aromatic N) is 3. The van der Waals surface area contributed by atoms with Crippen molar-refractivity contribution in [1.82, 2.24) is 15.0 Å². The minimum atomic E-state index is 0.662. The van der Waals surface area contributed by atoms with Crippen molar-refractivity contribution in [3.63, 3.8) is 0 Å². The summed E-state index contributed by atoms with van der Waals surface area (Å²) in [5, 5.41) is 5.00. The summed E-state index contributed by atoms with van der Waals surface area (Å²) in [7, 11) is 0. The van der Waals surface area contributed by atoms with Crippen LogP contribution in [0.1, 0.15) is 0 Å². The number of thiophene rings is 2. The SMILES string of the molecule is c1ccc(-c2nc(-c3cccc(-c4cccc5sc6ccccc6c45)c3)nc(-c3cccc4sc5ccccc5c34)n2)cc1.